The number of fused-ring (bicyclic) bond motifs is 1. The fraction of sp³-hybridized carbons (Fsp3) is 0.222. The van der Waals surface area contributed by atoms with Gasteiger partial charge in [0.05, 0.1) is 16.4 Å². The maximum atomic E-state index is 4.37. The third-order valence-corrected chi connectivity index (χ3v) is 2.34. The highest BCUT2D eigenvalue weighted by Gasteiger charge is 1.99. The largest absolute Gasteiger partial charge is 0.341 e. The number of aryl methyl sites for hydroxylation is 1. The molecule has 0 aliphatic heterocycles. The quantitative estimate of drug-likeness (QED) is 0.804. The Hall–Kier alpha value is -0.350. The lowest BCUT2D eigenvalue weighted by molar-refractivity contribution is 1.15. The van der Waals surface area contributed by atoms with Crippen LogP contribution in [0.15, 0.2) is 18.2 Å². The van der Waals surface area contributed by atoms with E-state index in [1.165, 1.54) is 5.56 Å². The van der Waals surface area contributed by atoms with Crippen LogP contribution < -0.4 is 0 Å². The Morgan fingerprint density at radius 2 is 2.23 bits per heavy atom. The lowest BCUT2D eigenvalue weighted by atomic mass is 10.2. The number of benzene rings is 1. The summed E-state index contributed by atoms with van der Waals surface area (Å²) in [6.07, 6.45) is 0. The summed E-state index contributed by atoms with van der Waals surface area (Å²) < 4.78 is 0. The molecule has 0 unspecified atom stereocenters. The summed E-state index contributed by atoms with van der Waals surface area (Å²) in [5, 5.41) is 0.778. The van der Waals surface area contributed by atoms with Crippen molar-refractivity contribution in [3.8, 4) is 0 Å². The zero-order chi connectivity index (χ0) is 8.55. The van der Waals surface area contributed by atoms with Crippen LogP contribution in [0, 0.1) is 6.92 Å². The molecule has 1 aromatic heterocycles. The minimum atomic E-state index is 0. The van der Waals surface area contributed by atoms with Crippen molar-refractivity contribution in [3.63, 3.8) is 0 Å². The van der Waals surface area contributed by atoms with Gasteiger partial charge in [-0.05, 0) is 24.6 Å². The fourth-order valence-electron chi connectivity index (χ4n) is 1.24. The average Bonchev–Trinajstić information content (AvgIpc) is 2.46. The second kappa shape index (κ2) is 4.24. The van der Waals surface area contributed by atoms with Gasteiger partial charge in [-0.2, -0.15) is 0 Å². The number of aromatic amines is 1. The zero-order valence-corrected chi connectivity index (χ0v) is 10.5. The standard InChI is InChI=1S/C9H9BrN2.BrH/c1-6-2-3-7-8(4-6)12-9(5-10)11-7;/h2-4H,5H2,1H3,(H,11,12);1H. The Balaban J connectivity index is 0.000000845. The van der Waals surface area contributed by atoms with Crippen molar-refractivity contribution in [2.45, 2.75) is 12.3 Å². The van der Waals surface area contributed by atoms with Crippen molar-refractivity contribution < 1.29 is 0 Å². The molecule has 0 aliphatic carbocycles. The van der Waals surface area contributed by atoms with Crippen molar-refractivity contribution in [2.24, 2.45) is 0 Å². The van der Waals surface area contributed by atoms with Crippen LogP contribution in [-0.4, -0.2) is 9.97 Å². The maximum Gasteiger partial charge on any atom is 0.117 e. The lowest BCUT2D eigenvalue weighted by Gasteiger charge is -1.89. The molecule has 4 heteroatoms. The van der Waals surface area contributed by atoms with E-state index in [0.29, 0.717) is 0 Å². The van der Waals surface area contributed by atoms with E-state index in [2.05, 4.69) is 45.0 Å². The number of halogens is 2. The van der Waals surface area contributed by atoms with Crippen LogP contribution in [0.1, 0.15) is 11.4 Å². The predicted molar refractivity (Wildman–Crippen MR) is 63.8 cm³/mol. The molecule has 1 heterocycles. The van der Waals surface area contributed by atoms with E-state index < -0.39 is 0 Å². The summed E-state index contributed by atoms with van der Waals surface area (Å²) >= 11 is 3.36. The molecule has 0 saturated heterocycles. The van der Waals surface area contributed by atoms with Crippen LogP contribution >= 0.6 is 32.9 Å². The molecular formula is C9H10Br2N2. The Morgan fingerprint density at radius 3 is 2.92 bits per heavy atom. The molecule has 0 bridgehead atoms. The van der Waals surface area contributed by atoms with E-state index in [4.69, 9.17) is 0 Å². The van der Waals surface area contributed by atoms with E-state index in [0.717, 1.165) is 22.2 Å². The van der Waals surface area contributed by atoms with Gasteiger partial charge >= 0.3 is 0 Å². The topological polar surface area (TPSA) is 28.7 Å². The molecule has 0 atom stereocenters. The highest BCUT2D eigenvalue weighted by molar-refractivity contribution is 9.08. The maximum absolute atomic E-state index is 4.37. The summed E-state index contributed by atoms with van der Waals surface area (Å²) in [6, 6.07) is 6.21. The van der Waals surface area contributed by atoms with Gasteiger partial charge in [-0.1, -0.05) is 22.0 Å². The van der Waals surface area contributed by atoms with Gasteiger partial charge in [0.1, 0.15) is 5.82 Å². The van der Waals surface area contributed by atoms with E-state index in [-0.39, 0.29) is 17.0 Å². The molecule has 70 valence electrons. The molecule has 0 amide bonds. The predicted octanol–water partition coefficient (Wildman–Crippen LogP) is 3.34. The van der Waals surface area contributed by atoms with Crippen molar-refractivity contribution in [1.82, 2.24) is 9.97 Å². The van der Waals surface area contributed by atoms with Crippen LogP contribution in [0.4, 0.5) is 0 Å². The number of H-pyrrole nitrogens is 1. The van der Waals surface area contributed by atoms with Gasteiger partial charge in [-0.25, -0.2) is 4.98 Å². The van der Waals surface area contributed by atoms with Gasteiger partial charge in [0.15, 0.2) is 0 Å². The monoisotopic (exact) mass is 304 g/mol. The summed E-state index contributed by atoms with van der Waals surface area (Å²) in [5.41, 5.74) is 3.41. The van der Waals surface area contributed by atoms with Crippen molar-refractivity contribution in [2.75, 3.05) is 0 Å². The smallest absolute Gasteiger partial charge is 0.117 e. The Morgan fingerprint density at radius 1 is 1.46 bits per heavy atom. The minimum absolute atomic E-state index is 0. The van der Waals surface area contributed by atoms with Crippen LogP contribution in [0.3, 0.4) is 0 Å². The number of rotatable bonds is 1. The first kappa shape index (κ1) is 10.7. The van der Waals surface area contributed by atoms with Crippen LogP contribution in [-0.2, 0) is 5.33 Å². The molecule has 0 aliphatic rings. The van der Waals surface area contributed by atoms with Gasteiger partial charge in [0, 0.05) is 0 Å². The second-order valence-corrected chi connectivity index (χ2v) is 3.40. The van der Waals surface area contributed by atoms with Crippen molar-refractivity contribution >= 4 is 43.9 Å². The third kappa shape index (κ3) is 2.11. The first-order chi connectivity index (χ1) is 5.79. The molecule has 2 nitrogen and oxygen atoms in total. The normalized spacial score (nSPS) is 10.0. The van der Waals surface area contributed by atoms with E-state index in [1.807, 2.05) is 6.07 Å². The van der Waals surface area contributed by atoms with E-state index in [1.54, 1.807) is 0 Å². The SMILES string of the molecule is Br.Cc1ccc2nc(CBr)[nH]c2c1. The van der Waals surface area contributed by atoms with E-state index in [9.17, 15) is 0 Å². The number of hydrogen-bond acceptors (Lipinski definition) is 1. The number of nitrogens with zero attached hydrogens (tertiary/aromatic N) is 1. The van der Waals surface area contributed by atoms with Gasteiger partial charge in [0.25, 0.3) is 0 Å². The van der Waals surface area contributed by atoms with Crippen molar-refractivity contribution in [3.05, 3.63) is 29.6 Å². The number of alkyl halides is 1. The molecule has 1 N–H and O–H groups in total. The Kier molecular flexibility index (Phi) is 3.50. The van der Waals surface area contributed by atoms with Gasteiger partial charge in [0.2, 0.25) is 0 Å². The van der Waals surface area contributed by atoms with Gasteiger partial charge in [-0.3, -0.25) is 0 Å². The average molecular weight is 306 g/mol. The van der Waals surface area contributed by atoms with Gasteiger partial charge < -0.3 is 4.98 Å². The number of hydrogen-bond donors (Lipinski definition) is 1. The molecule has 0 radical (unpaired) electrons. The van der Waals surface area contributed by atoms with Crippen LogP contribution in [0.5, 0.6) is 0 Å². The molecule has 0 fully saturated rings. The fourth-order valence-corrected chi connectivity index (χ4v) is 1.51. The summed E-state index contributed by atoms with van der Waals surface area (Å²) in [5.74, 6) is 0.982. The Labute approximate surface area is 95.7 Å². The van der Waals surface area contributed by atoms with Crippen molar-refractivity contribution in [1.29, 1.82) is 0 Å². The second-order valence-electron chi connectivity index (χ2n) is 2.84. The molecule has 0 spiro atoms. The highest BCUT2D eigenvalue weighted by Crippen LogP contribution is 2.14. The number of imidazole rings is 1. The summed E-state index contributed by atoms with van der Waals surface area (Å²) in [4.78, 5) is 7.60. The summed E-state index contributed by atoms with van der Waals surface area (Å²) in [7, 11) is 0. The molecular weight excluding hydrogens is 296 g/mol. The zero-order valence-electron chi connectivity index (χ0n) is 7.17. The first-order valence-electron chi connectivity index (χ1n) is 3.81. The highest BCUT2D eigenvalue weighted by atomic mass is 79.9. The molecule has 0 saturated carbocycles. The van der Waals surface area contributed by atoms with Crippen LogP contribution in [0.2, 0.25) is 0 Å². The Bertz CT molecular complexity index is 409. The summed E-state index contributed by atoms with van der Waals surface area (Å²) in [6.45, 7) is 2.08. The minimum Gasteiger partial charge on any atom is -0.341 e. The number of aromatic nitrogens is 2. The van der Waals surface area contributed by atoms with E-state index >= 15 is 0 Å². The molecule has 2 rings (SSSR count). The lowest BCUT2D eigenvalue weighted by Crippen LogP contribution is -1.76. The number of nitrogens with one attached hydrogen (secondary N) is 1. The molecule has 1 aromatic carbocycles. The third-order valence-electron chi connectivity index (χ3n) is 1.81. The van der Waals surface area contributed by atoms with Gasteiger partial charge in [-0.15, -0.1) is 17.0 Å². The molecule has 2 aromatic rings. The molecule has 13 heavy (non-hydrogen) atoms. The first-order valence-corrected chi connectivity index (χ1v) is 4.93. The van der Waals surface area contributed by atoms with Crippen LogP contribution in [0.25, 0.3) is 11.0 Å².